The van der Waals surface area contributed by atoms with Gasteiger partial charge in [-0.15, -0.1) is 34.4 Å². The van der Waals surface area contributed by atoms with Gasteiger partial charge in [-0.25, -0.2) is 19.3 Å². The first kappa shape index (κ1) is 30.2. The molecule has 1 unspecified atom stereocenters. The van der Waals surface area contributed by atoms with E-state index in [2.05, 4.69) is 25.4 Å². The minimum atomic E-state index is -1.77. The highest BCUT2D eigenvalue weighted by Gasteiger charge is 2.53. The molecule has 5 N–H and O–H groups in total. The number of carboxylic acid groups (broad SMARTS) is 2. The molecule has 2 amide bonds. The van der Waals surface area contributed by atoms with E-state index < -0.39 is 46.5 Å². The molecule has 0 radical (unpaired) electrons. The molecule has 0 aliphatic carbocycles. The lowest BCUT2D eigenvalue weighted by Crippen LogP contribution is -2.71. The summed E-state index contributed by atoms with van der Waals surface area (Å²) < 4.78 is 1.82. The molecule has 0 saturated carbocycles. The maximum atomic E-state index is 13.3. The Morgan fingerprint density at radius 2 is 2.09 bits per heavy atom. The first-order chi connectivity index (χ1) is 21.4. The number of β-lactam (4-membered cyclic amide) rings is 1. The number of aromatic nitrogens is 4. The van der Waals surface area contributed by atoms with Crippen molar-refractivity contribution in [2.75, 3.05) is 11.5 Å². The van der Waals surface area contributed by atoms with Crippen molar-refractivity contribution in [3.05, 3.63) is 58.2 Å². The van der Waals surface area contributed by atoms with Crippen molar-refractivity contribution in [3.63, 3.8) is 0 Å². The fraction of sp³-hybridized carbons (Fsp3) is 0.259. The third-order valence-corrected chi connectivity index (χ3v) is 9.91. The van der Waals surface area contributed by atoms with Gasteiger partial charge in [0.2, 0.25) is 11.4 Å². The standard InChI is InChI=1S/C27H24N8O7S3/c1-27(2,25(40)41)42-33-16(14-11-45-26(28)30-14)21(36)31-17-22(37)35-18(24(38)39)12(10-44-23(17)35)9-34-7-3-5-13-20(34)32-19(29-13)15-6-4-8-43-15/h3-8,11,17,23H,9-10H2,1-2H3,(H5,28,30,31,36,38,39,40,41)/t17?,23-/m0/s1. The van der Waals surface area contributed by atoms with Crippen LogP contribution in [0.25, 0.3) is 21.9 Å². The number of aliphatic carboxylic acids is 2. The largest absolute Gasteiger partial charge is 0.543 e. The number of nitrogens with zero attached hydrogens (tertiary/aromatic N) is 5. The van der Waals surface area contributed by atoms with Gasteiger partial charge in [0.15, 0.2) is 16.4 Å². The number of imidazole rings is 1. The second-order valence-corrected chi connectivity index (χ2v) is 13.4. The van der Waals surface area contributed by atoms with E-state index in [0.29, 0.717) is 22.6 Å². The van der Waals surface area contributed by atoms with Crippen LogP contribution >= 0.6 is 34.4 Å². The highest BCUT2D eigenvalue weighted by atomic mass is 32.2. The van der Waals surface area contributed by atoms with Crippen molar-refractivity contribution in [2.45, 2.75) is 37.4 Å². The zero-order chi connectivity index (χ0) is 32.0. The number of thiazole rings is 1. The van der Waals surface area contributed by atoms with Gasteiger partial charge in [0, 0.05) is 16.7 Å². The quantitative estimate of drug-likeness (QED) is 0.0779. The molecule has 0 bridgehead atoms. The number of H-pyrrole nitrogens is 1. The molecule has 2 aliphatic heterocycles. The van der Waals surface area contributed by atoms with Crippen LogP contribution in [0.4, 0.5) is 5.13 Å². The van der Waals surface area contributed by atoms with E-state index in [9.17, 15) is 29.4 Å². The number of anilines is 1. The number of carbonyl (C=O) groups excluding carboxylic acids is 3. The second kappa shape index (κ2) is 11.6. The molecular weight excluding hydrogens is 645 g/mol. The van der Waals surface area contributed by atoms with Crippen molar-refractivity contribution < 1.29 is 38.8 Å². The summed E-state index contributed by atoms with van der Waals surface area (Å²) in [6.07, 6.45) is 1.79. The summed E-state index contributed by atoms with van der Waals surface area (Å²) in [5.41, 5.74) is 5.11. The Hall–Kier alpha value is -4.81. The third kappa shape index (κ3) is 5.62. The van der Waals surface area contributed by atoms with Crippen LogP contribution in [0.1, 0.15) is 19.5 Å². The summed E-state index contributed by atoms with van der Waals surface area (Å²) in [5.74, 6) is -3.47. The van der Waals surface area contributed by atoms with Gasteiger partial charge in [-0.05, 0) is 37.4 Å². The fourth-order valence-corrected chi connectivity index (χ4v) is 7.25. The number of amides is 2. The summed E-state index contributed by atoms with van der Waals surface area (Å²) in [5, 5.41) is 30.8. The van der Waals surface area contributed by atoms with E-state index in [1.54, 1.807) is 12.3 Å². The number of hydrogen-bond acceptors (Lipinski definition) is 13. The average Bonchev–Trinajstić information content (AvgIpc) is 3.77. The van der Waals surface area contributed by atoms with E-state index in [1.165, 1.54) is 42.3 Å². The SMILES string of the molecule is CC(C)(ON=C(C(=O)NC1C(=O)N2C(C(=O)[O-])=C(C[n+]3cccc4nc(-c5cccs5)[nH]c43)CS[C@@H]12)c1csc(N)n1)C(=O)O. The Morgan fingerprint density at radius 1 is 1.29 bits per heavy atom. The third-order valence-electron chi connectivity index (χ3n) is 7.02. The van der Waals surface area contributed by atoms with Crippen molar-refractivity contribution in [2.24, 2.45) is 5.16 Å². The summed E-state index contributed by atoms with van der Waals surface area (Å²) in [4.78, 5) is 69.7. The summed E-state index contributed by atoms with van der Waals surface area (Å²) in [7, 11) is 0. The minimum absolute atomic E-state index is 0.0148. The average molecular weight is 669 g/mol. The minimum Gasteiger partial charge on any atom is -0.543 e. The van der Waals surface area contributed by atoms with Crippen LogP contribution in [0.2, 0.25) is 0 Å². The van der Waals surface area contributed by atoms with Crippen molar-refractivity contribution >= 4 is 80.2 Å². The summed E-state index contributed by atoms with van der Waals surface area (Å²) >= 11 is 3.83. The van der Waals surface area contributed by atoms with Crippen LogP contribution in [0.15, 0.2) is 57.6 Å². The number of fused-ring (bicyclic) bond motifs is 2. The number of nitrogen functional groups attached to an aromatic ring is 1. The number of carbonyl (C=O) groups is 4. The van der Waals surface area contributed by atoms with E-state index in [-0.39, 0.29) is 28.8 Å². The lowest BCUT2D eigenvalue weighted by atomic mass is 10.0. The number of oxime groups is 1. The fourth-order valence-electron chi connectivity index (χ4n) is 4.70. The van der Waals surface area contributed by atoms with Gasteiger partial charge in [-0.3, -0.25) is 14.5 Å². The first-order valence-corrected chi connectivity index (χ1v) is 16.1. The zero-order valence-corrected chi connectivity index (χ0v) is 26.0. The lowest BCUT2D eigenvalue weighted by Gasteiger charge is -2.50. The predicted octanol–water partition coefficient (Wildman–Crippen LogP) is 0.306. The molecule has 1 saturated heterocycles. The number of carboxylic acids is 2. The Balaban J connectivity index is 1.24. The van der Waals surface area contributed by atoms with Crippen LogP contribution in [0.5, 0.6) is 0 Å². The number of pyridine rings is 1. The number of thioether (sulfide) groups is 1. The molecule has 232 valence electrons. The summed E-state index contributed by atoms with van der Waals surface area (Å²) in [6, 6.07) is 6.40. The first-order valence-electron chi connectivity index (χ1n) is 13.3. The van der Waals surface area contributed by atoms with Crippen molar-refractivity contribution in [3.8, 4) is 10.7 Å². The summed E-state index contributed by atoms with van der Waals surface area (Å²) in [6.45, 7) is 2.63. The van der Waals surface area contributed by atoms with Crippen molar-refractivity contribution in [1.82, 2.24) is 25.2 Å². The number of hydrogen-bond donors (Lipinski definition) is 4. The van der Waals surface area contributed by atoms with Crippen LogP contribution in [-0.4, -0.2) is 77.2 Å². The maximum Gasteiger partial charge on any atom is 0.350 e. The van der Waals surface area contributed by atoms with Crippen molar-refractivity contribution in [1.29, 1.82) is 0 Å². The molecule has 6 heterocycles. The van der Waals surface area contributed by atoms with Crippen LogP contribution in [-0.2, 0) is 30.6 Å². The Morgan fingerprint density at radius 3 is 2.76 bits per heavy atom. The van der Waals surface area contributed by atoms with E-state index in [0.717, 1.165) is 21.1 Å². The normalized spacial score (nSPS) is 18.5. The number of rotatable bonds is 10. The van der Waals surface area contributed by atoms with Gasteiger partial charge >= 0.3 is 11.6 Å². The molecule has 2 atom stereocenters. The number of thiophene rings is 1. The molecular formula is C27H24N8O7S3. The Bertz CT molecular complexity index is 1910. The van der Waals surface area contributed by atoms with E-state index in [1.807, 2.05) is 28.1 Å². The van der Waals surface area contributed by atoms with Crippen LogP contribution in [0.3, 0.4) is 0 Å². The molecule has 0 aromatic carbocycles. The molecule has 0 spiro atoms. The topological polar surface area (TPSA) is 220 Å². The highest BCUT2D eigenvalue weighted by molar-refractivity contribution is 8.00. The highest BCUT2D eigenvalue weighted by Crippen LogP contribution is 2.40. The second-order valence-electron chi connectivity index (χ2n) is 10.5. The van der Waals surface area contributed by atoms with Gasteiger partial charge in [-0.1, -0.05) is 11.2 Å². The van der Waals surface area contributed by atoms with Gasteiger partial charge < -0.3 is 30.9 Å². The zero-order valence-electron chi connectivity index (χ0n) is 23.5. The molecule has 45 heavy (non-hydrogen) atoms. The monoisotopic (exact) mass is 668 g/mol. The molecule has 18 heteroatoms. The number of aromatic amines is 1. The smallest absolute Gasteiger partial charge is 0.350 e. The number of nitrogens with two attached hydrogens (primary N) is 1. The van der Waals surface area contributed by atoms with Gasteiger partial charge in [0.1, 0.15) is 23.7 Å². The molecule has 4 aromatic rings. The lowest BCUT2D eigenvalue weighted by molar-refractivity contribution is -0.664. The molecule has 4 aromatic heterocycles. The molecule has 1 fully saturated rings. The maximum absolute atomic E-state index is 13.3. The van der Waals surface area contributed by atoms with Crippen LogP contribution < -0.4 is 20.7 Å². The van der Waals surface area contributed by atoms with E-state index in [4.69, 9.17) is 10.6 Å². The predicted molar refractivity (Wildman–Crippen MR) is 163 cm³/mol. The van der Waals surface area contributed by atoms with Gasteiger partial charge in [0.05, 0.1) is 22.7 Å². The Labute approximate surface area is 266 Å². The van der Waals surface area contributed by atoms with Gasteiger partial charge in [-0.2, -0.15) is 4.98 Å². The molecule has 15 nitrogen and oxygen atoms in total. The Kier molecular flexibility index (Phi) is 7.79. The van der Waals surface area contributed by atoms with E-state index >= 15 is 0 Å². The number of nitrogens with one attached hydrogen (secondary N) is 2. The molecule has 2 aliphatic rings. The van der Waals surface area contributed by atoms with Gasteiger partial charge in [0.25, 0.3) is 11.8 Å². The van der Waals surface area contributed by atoms with Crippen LogP contribution in [0, 0.1) is 0 Å². The molecule has 6 rings (SSSR count).